The fourth-order valence-corrected chi connectivity index (χ4v) is 7.33. The Morgan fingerprint density at radius 2 is 1.44 bits per heavy atom. The number of para-hydroxylation sites is 1. The van der Waals surface area contributed by atoms with Gasteiger partial charge < -0.3 is 0 Å². The molecule has 0 fully saturated rings. The molecule has 0 saturated heterocycles. The molecule has 2 heteroatoms. The second kappa shape index (κ2) is 6.57. The summed E-state index contributed by atoms with van der Waals surface area (Å²) in [6, 6.07) is 10.4. The number of rotatable bonds is 8. The van der Waals surface area contributed by atoms with Gasteiger partial charge in [0.2, 0.25) is 0 Å². The van der Waals surface area contributed by atoms with Crippen LogP contribution in [0.4, 0.5) is 0 Å². The summed E-state index contributed by atoms with van der Waals surface area (Å²) in [4.78, 5) is 0. The van der Waals surface area contributed by atoms with Crippen LogP contribution in [0.25, 0.3) is 0 Å². The second-order valence-corrected chi connectivity index (χ2v) is 11.5. The Kier molecular flexibility index (Phi) is 5.66. The molecule has 0 unspecified atom stereocenters. The van der Waals surface area contributed by atoms with E-state index < -0.39 is 6.83 Å². The first kappa shape index (κ1) is 15.5. The van der Waals surface area contributed by atoms with Gasteiger partial charge in [-0.2, -0.15) is 0 Å². The molecule has 1 rings (SSSR count). The third-order valence-electron chi connectivity index (χ3n) is 4.58. The first-order valence-corrected chi connectivity index (χ1v) is 10.3. The summed E-state index contributed by atoms with van der Waals surface area (Å²) in [5, 5.41) is 0. The summed E-state index contributed by atoms with van der Waals surface area (Å²) in [7, 11) is 0. The maximum absolute atomic E-state index is 6.67. The Balaban J connectivity index is 3.02. The quantitative estimate of drug-likeness (QED) is 0.574. The van der Waals surface area contributed by atoms with E-state index in [1.54, 1.807) is 0 Å². The average molecular weight is 268 g/mol. The molecule has 0 saturated carbocycles. The minimum atomic E-state index is -2.01. The molecule has 0 aromatic heterocycles. The molecule has 0 aliphatic heterocycles. The molecule has 0 atom stereocenters. The van der Waals surface area contributed by atoms with Gasteiger partial charge in [-0.25, -0.2) is 0 Å². The molecule has 0 aliphatic carbocycles. The van der Waals surface area contributed by atoms with Crippen LogP contribution >= 0.6 is 6.83 Å². The van der Waals surface area contributed by atoms with E-state index in [1.807, 2.05) is 0 Å². The van der Waals surface area contributed by atoms with Crippen molar-refractivity contribution >= 4 is 6.83 Å². The van der Waals surface area contributed by atoms with E-state index >= 15 is 0 Å². The zero-order valence-electron chi connectivity index (χ0n) is 12.5. The fraction of sp³-hybridized carbons (Fsp3) is 0.625. The summed E-state index contributed by atoms with van der Waals surface area (Å²) >= 11 is 0. The molecule has 0 amide bonds. The second-order valence-electron chi connectivity index (χ2n) is 5.29. The molecule has 104 valence electrons. The summed E-state index contributed by atoms with van der Waals surface area (Å²) in [6.45, 7) is 7.23. The normalized spacial score (nSPS) is 13.9. The summed E-state index contributed by atoms with van der Waals surface area (Å²) in [6.07, 6.45) is 7.44. The van der Waals surface area contributed by atoms with Gasteiger partial charge in [0.05, 0.1) is 0 Å². The minimum absolute atomic E-state index is 1.07. The molecule has 0 heterocycles. The molecule has 0 bridgehead atoms. The van der Waals surface area contributed by atoms with Crippen LogP contribution < -0.4 is 4.52 Å². The van der Waals surface area contributed by atoms with Crippen molar-refractivity contribution < 1.29 is 4.52 Å². The van der Waals surface area contributed by atoms with Gasteiger partial charge in [0.1, 0.15) is 0 Å². The first-order valence-electron chi connectivity index (χ1n) is 7.39. The SMILES string of the molecule is CCCCP(CC)(CC)(CC)Oc1ccccc1. The Morgan fingerprint density at radius 1 is 0.889 bits per heavy atom. The van der Waals surface area contributed by atoms with E-state index in [1.165, 1.54) is 37.5 Å². The molecule has 0 spiro atoms. The monoisotopic (exact) mass is 268 g/mol. The Bertz CT molecular complexity index is 332. The van der Waals surface area contributed by atoms with Crippen molar-refractivity contribution in [2.75, 3.05) is 24.6 Å². The van der Waals surface area contributed by atoms with Crippen LogP contribution in [0.3, 0.4) is 0 Å². The molecule has 1 aromatic carbocycles. The van der Waals surface area contributed by atoms with Crippen molar-refractivity contribution in [3.63, 3.8) is 0 Å². The van der Waals surface area contributed by atoms with Crippen molar-refractivity contribution in [1.82, 2.24) is 0 Å². The maximum atomic E-state index is 6.67. The molecular weight excluding hydrogens is 239 g/mol. The zero-order chi connectivity index (χ0) is 13.5. The van der Waals surface area contributed by atoms with Crippen LogP contribution in [0.1, 0.15) is 40.5 Å². The van der Waals surface area contributed by atoms with E-state index in [4.69, 9.17) is 4.52 Å². The van der Waals surface area contributed by atoms with E-state index in [2.05, 4.69) is 58.0 Å². The van der Waals surface area contributed by atoms with Crippen molar-refractivity contribution in [3.05, 3.63) is 30.3 Å². The Hall–Kier alpha value is -0.550. The first-order chi connectivity index (χ1) is 8.63. The van der Waals surface area contributed by atoms with E-state index in [0.717, 1.165) is 5.75 Å². The van der Waals surface area contributed by atoms with E-state index in [-0.39, 0.29) is 0 Å². The van der Waals surface area contributed by atoms with Crippen molar-refractivity contribution in [2.24, 2.45) is 0 Å². The standard InChI is InChI=1S/C16H29OP/c1-5-9-15-18(6-2,7-3,8-4)17-16-13-11-10-12-14-16/h10-14H,5-9,15H2,1-4H3. The summed E-state index contributed by atoms with van der Waals surface area (Å²) < 4.78 is 6.67. The molecule has 0 aliphatic rings. The molecule has 1 nitrogen and oxygen atoms in total. The zero-order valence-corrected chi connectivity index (χ0v) is 13.4. The van der Waals surface area contributed by atoms with Gasteiger partial charge in [0.25, 0.3) is 0 Å². The number of hydrogen-bond acceptors (Lipinski definition) is 1. The molecular formula is C16H29OP. The predicted octanol–water partition coefficient (Wildman–Crippen LogP) is 5.39. The average Bonchev–Trinajstić information content (AvgIpc) is 2.45. The van der Waals surface area contributed by atoms with E-state index in [0.29, 0.717) is 0 Å². The van der Waals surface area contributed by atoms with Crippen molar-refractivity contribution in [3.8, 4) is 5.75 Å². The van der Waals surface area contributed by atoms with Gasteiger partial charge in [-0.1, -0.05) is 0 Å². The fourth-order valence-electron chi connectivity index (χ4n) is 2.72. The third-order valence-corrected chi connectivity index (χ3v) is 11.6. The van der Waals surface area contributed by atoms with Crippen LogP contribution in [0, 0.1) is 0 Å². The van der Waals surface area contributed by atoms with Crippen LogP contribution in [0.15, 0.2) is 30.3 Å². The van der Waals surface area contributed by atoms with Crippen LogP contribution in [0.5, 0.6) is 5.75 Å². The van der Waals surface area contributed by atoms with Gasteiger partial charge in [0, 0.05) is 0 Å². The Labute approximate surface area is 113 Å². The molecule has 1 aromatic rings. The molecule has 0 radical (unpaired) electrons. The third kappa shape index (κ3) is 3.26. The summed E-state index contributed by atoms with van der Waals surface area (Å²) in [5.41, 5.74) is 0. The number of hydrogen-bond donors (Lipinski definition) is 0. The molecule has 18 heavy (non-hydrogen) atoms. The summed E-state index contributed by atoms with van der Waals surface area (Å²) in [5.74, 6) is 1.07. The topological polar surface area (TPSA) is 9.23 Å². The van der Waals surface area contributed by atoms with Crippen molar-refractivity contribution in [1.29, 1.82) is 0 Å². The van der Waals surface area contributed by atoms with Crippen molar-refractivity contribution in [2.45, 2.75) is 40.5 Å². The predicted molar refractivity (Wildman–Crippen MR) is 85.4 cm³/mol. The van der Waals surface area contributed by atoms with Crippen LogP contribution in [-0.4, -0.2) is 24.6 Å². The Morgan fingerprint density at radius 3 is 1.89 bits per heavy atom. The number of unbranched alkanes of at least 4 members (excludes halogenated alkanes) is 1. The van der Waals surface area contributed by atoms with Gasteiger partial charge in [0.15, 0.2) is 0 Å². The van der Waals surface area contributed by atoms with Gasteiger partial charge in [-0.05, 0) is 0 Å². The van der Waals surface area contributed by atoms with Crippen LogP contribution in [-0.2, 0) is 0 Å². The van der Waals surface area contributed by atoms with Gasteiger partial charge in [-0.3, -0.25) is 0 Å². The molecule has 0 N–H and O–H groups in total. The number of benzene rings is 1. The van der Waals surface area contributed by atoms with Gasteiger partial charge >= 0.3 is 113 Å². The van der Waals surface area contributed by atoms with Gasteiger partial charge in [-0.15, -0.1) is 0 Å². The van der Waals surface area contributed by atoms with Crippen LogP contribution in [0.2, 0.25) is 0 Å². The van der Waals surface area contributed by atoms with E-state index in [9.17, 15) is 0 Å².